The molecule has 0 aliphatic carbocycles. The zero-order chi connectivity index (χ0) is 14.5. The molecule has 2 rings (SSSR count). The number of nitrogens with zero attached hydrogens (tertiary/aromatic N) is 2. The Morgan fingerprint density at radius 3 is 2.80 bits per heavy atom. The number of rotatable bonds is 4. The number of likely N-dealkylation sites (tertiary alicyclic amines) is 1. The molecule has 2 atom stereocenters. The summed E-state index contributed by atoms with van der Waals surface area (Å²) in [4.78, 5) is 19.2. The van der Waals surface area contributed by atoms with Crippen LogP contribution in [0.15, 0.2) is 22.0 Å². The molecule has 1 aromatic heterocycles. The first-order valence-electron chi connectivity index (χ1n) is 6.88. The SMILES string of the molecule is CC1CCCC(C)N1C(=O)CO/N=C(\N)c1ccsc1. The van der Waals surface area contributed by atoms with E-state index in [0.29, 0.717) is 5.84 Å². The molecule has 0 spiro atoms. The van der Waals surface area contributed by atoms with Crippen LogP contribution in [0, 0.1) is 0 Å². The van der Waals surface area contributed by atoms with Crippen molar-refractivity contribution in [3.8, 4) is 0 Å². The van der Waals surface area contributed by atoms with E-state index in [2.05, 4.69) is 19.0 Å². The van der Waals surface area contributed by atoms with Crippen LogP contribution in [0.25, 0.3) is 0 Å². The van der Waals surface area contributed by atoms with E-state index in [-0.39, 0.29) is 24.6 Å². The van der Waals surface area contributed by atoms with Crippen molar-refractivity contribution in [3.05, 3.63) is 22.4 Å². The molecule has 0 bridgehead atoms. The molecule has 0 aromatic carbocycles. The van der Waals surface area contributed by atoms with E-state index in [4.69, 9.17) is 10.6 Å². The zero-order valence-corrected chi connectivity index (χ0v) is 12.7. The number of amidine groups is 1. The van der Waals surface area contributed by atoms with Crippen LogP contribution in [0.5, 0.6) is 0 Å². The maximum Gasteiger partial charge on any atom is 0.263 e. The minimum atomic E-state index is -0.0560. The topological polar surface area (TPSA) is 67.9 Å². The van der Waals surface area contributed by atoms with Crippen molar-refractivity contribution < 1.29 is 9.63 Å². The summed E-state index contributed by atoms with van der Waals surface area (Å²) in [6.45, 7) is 4.10. The van der Waals surface area contributed by atoms with Gasteiger partial charge in [-0.25, -0.2) is 0 Å². The Labute approximate surface area is 123 Å². The van der Waals surface area contributed by atoms with Crippen molar-refractivity contribution in [2.75, 3.05) is 6.61 Å². The van der Waals surface area contributed by atoms with Crippen LogP contribution in [-0.2, 0) is 9.63 Å². The smallest absolute Gasteiger partial charge is 0.263 e. The number of nitrogens with two attached hydrogens (primary N) is 1. The molecule has 1 aliphatic heterocycles. The lowest BCUT2D eigenvalue weighted by molar-refractivity contribution is -0.142. The number of hydrogen-bond acceptors (Lipinski definition) is 4. The van der Waals surface area contributed by atoms with Crippen molar-refractivity contribution in [2.45, 2.75) is 45.2 Å². The summed E-state index contributed by atoms with van der Waals surface area (Å²) in [6, 6.07) is 2.41. The molecule has 5 nitrogen and oxygen atoms in total. The largest absolute Gasteiger partial charge is 0.384 e. The number of hydrogen-bond donors (Lipinski definition) is 1. The van der Waals surface area contributed by atoms with Crippen molar-refractivity contribution >= 4 is 23.1 Å². The first kappa shape index (κ1) is 14.8. The van der Waals surface area contributed by atoms with Crippen LogP contribution in [-0.4, -0.2) is 35.3 Å². The van der Waals surface area contributed by atoms with Crippen LogP contribution in [0.2, 0.25) is 0 Å². The summed E-state index contributed by atoms with van der Waals surface area (Å²) in [6.07, 6.45) is 3.28. The lowest BCUT2D eigenvalue weighted by Crippen LogP contribution is -2.48. The Morgan fingerprint density at radius 1 is 1.50 bits per heavy atom. The maximum absolute atomic E-state index is 12.2. The molecule has 110 valence electrons. The molecule has 0 radical (unpaired) electrons. The van der Waals surface area contributed by atoms with E-state index in [1.807, 2.05) is 21.7 Å². The molecule has 1 aromatic rings. The van der Waals surface area contributed by atoms with E-state index in [1.165, 1.54) is 17.8 Å². The van der Waals surface area contributed by atoms with Crippen molar-refractivity contribution in [1.82, 2.24) is 4.90 Å². The maximum atomic E-state index is 12.2. The summed E-state index contributed by atoms with van der Waals surface area (Å²) in [5.41, 5.74) is 6.59. The fourth-order valence-corrected chi connectivity index (χ4v) is 3.26. The number of piperidine rings is 1. The third-order valence-electron chi connectivity index (χ3n) is 3.65. The van der Waals surface area contributed by atoms with Crippen molar-refractivity contribution in [1.29, 1.82) is 0 Å². The van der Waals surface area contributed by atoms with Crippen LogP contribution >= 0.6 is 11.3 Å². The lowest BCUT2D eigenvalue weighted by atomic mass is 9.97. The van der Waals surface area contributed by atoms with Gasteiger partial charge in [0.05, 0.1) is 0 Å². The van der Waals surface area contributed by atoms with E-state index >= 15 is 0 Å². The first-order chi connectivity index (χ1) is 9.59. The Kier molecular flexibility index (Phi) is 5.00. The molecule has 2 N–H and O–H groups in total. The van der Waals surface area contributed by atoms with Crippen LogP contribution in [0.4, 0.5) is 0 Å². The highest BCUT2D eigenvalue weighted by atomic mass is 32.1. The van der Waals surface area contributed by atoms with Gasteiger partial charge in [-0.3, -0.25) is 4.79 Å². The summed E-state index contributed by atoms with van der Waals surface area (Å²) in [5, 5.41) is 7.61. The van der Waals surface area contributed by atoms with Gasteiger partial charge >= 0.3 is 0 Å². The van der Waals surface area contributed by atoms with Crippen LogP contribution < -0.4 is 5.73 Å². The second kappa shape index (κ2) is 6.74. The fourth-order valence-electron chi connectivity index (χ4n) is 2.61. The van der Waals surface area contributed by atoms with Gasteiger partial charge in [-0.15, -0.1) is 0 Å². The van der Waals surface area contributed by atoms with Gasteiger partial charge in [0.2, 0.25) is 0 Å². The minimum Gasteiger partial charge on any atom is -0.384 e. The Hall–Kier alpha value is -1.56. The first-order valence-corrected chi connectivity index (χ1v) is 7.83. The Morgan fingerprint density at radius 2 is 2.20 bits per heavy atom. The summed E-state index contributed by atoms with van der Waals surface area (Å²) >= 11 is 1.54. The molecule has 1 fully saturated rings. The van der Waals surface area contributed by atoms with Crippen molar-refractivity contribution in [3.63, 3.8) is 0 Å². The molecule has 6 heteroatoms. The molecular weight excluding hydrogens is 274 g/mol. The number of carbonyl (C=O) groups is 1. The normalized spacial score (nSPS) is 23.7. The molecule has 1 aliphatic rings. The summed E-state index contributed by atoms with van der Waals surface area (Å²) < 4.78 is 0. The molecule has 1 saturated heterocycles. The average Bonchev–Trinajstić information content (AvgIpc) is 2.92. The highest BCUT2D eigenvalue weighted by Crippen LogP contribution is 2.22. The number of carbonyl (C=O) groups excluding carboxylic acids is 1. The Bertz CT molecular complexity index is 463. The van der Waals surface area contributed by atoms with Crippen molar-refractivity contribution in [2.24, 2.45) is 10.9 Å². The molecular formula is C14H21N3O2S. The molecule has 2 unspecified atom stereocenters. The number of thiophene rings is 1. The van der Waals surface area contributed by atoms with Crippen LogP contribution in [0.3, 0.4) is 0 Å². The minimum absolute atomic E-state index is 0.0217. The summed E-state index contributed by atoms with van der Waals surface area (Å²) in [5.74, 6) is 0.283. The van der Waals surface area contributed by atoms with E-state index < -0.39 is 0 Å². The van der Waals surface area contributed by atoms with Gasteiger partial charge in [-0.2, -0.15) is 11.3 Å². The standard InChI is InChI=1S/C14H21N3O2S/c1-10-4-3-5-11(2)17(10)13(18)8-19-16-14(15)12-6-7-20-9-12/h6-7,9-11H,3-5,8H2,1-2H3,(H2,15,16). The Balaban J connectivity index is 1.87. The van der Waals surface area contributed by atoms with E-state index in [0.717, 1.165) is 18.4 Å². The van der Waals surface area contributed by atoms with Gasteiger partial charge in [-0.05, 0) is 44.6 Å². The highest BCUT2D eigenvalue weighted by Gasteiger charge is 2.28. The average molecular weight is 295 g/mol. The quantitative estimate of drug-likeness (QED) is 0.526. The van der Waals surface area contributed by atoms with Gasteiger partial charge < -0.3 is 15.5 Å². The zero-order valence-electron chi connectivity index (χ0n) is 11.9. The van der Waals surface area contributed by atoms with Gasteiger partial charge in [0.25, 0.3) is 5.91 Å². The lowest BCUT2D eigenvalue weighted by Gasteiger charge is -2.38. The second-order valence-electron chi connectivity index (χ2n) is 5.19. The number of oxime groups is 1. The second-order valence-corrected chi connectivity index (χ2v) is 5.97. The van der Waals surface area contributed by atoms with Gasteiger partial charge in [-0.1, -0.05) is 5.16 Å². The molecule has 2 heterocycles. The fraction of sp³-hybridized carbons (Fsp3) is 0.571. The number of amides is 1. The monoisotopic (exact) mass is 295 g/mol. The third-order valence-corrected chi connectivity index (χ3v) is 4.33. The van der Waals surface area contributed by atoms with Gasteiger partial charge in [0.1, 0.15) is 0 Å². The van der Waals surface area contributed by atoms with E-state index in [1.54, 1.807) is 0 Å². The molecule has 0 saturated carbocycles. The van der Waals surface area contributed by atoms with Gasteiger partial charge in [0, 0.05) is 23.0 Å². The molecule has 20 heavy (non-hydrogen) atoms. The third kappa shape index (κ3) is 3.50. The summed E-state index contributed by atoms with van der Waals surface area (Å²) in [7, 11) is 0. The van der Waals surface area contributed by atoms with Crippen LogP contribution in [0.1, 0.15) is 38.7 Å². The predicted octanol–water partition coefficient (Wildman–Crippen LogP) is 2.17. The molecule has 1 amide bonds. The predicted molar refractivity (Wildman–Crippen MR) is 80.6 cm³/mol. The van der Waals surface area contributed by atoms with E-state index in [9.17, 15) is 4.79 Å². The highest BCUT2D eigenvalue weighted by molar-refractivity contribution is 7.08. The van der Waals surface area contributed by atoms with Gasteiger partial charge in [0.15, 0.2) is 12.4 Å².